The highest BCUT2D eigenvalue weighted by molar-refractivity contribution is 8.00. The zero-order valence-corrected chi connectivity index (χ0v) is 10.5. The zero-order valence-electron chi connectivity index (χ0n) is 9.70. The fraction of sp³-hybridized carbons (Fsp3) is 1.00. The minimum atomic E-state index is 0.688. The first-order chi connectivity index (χ1) is 6.69. The van der Waals surface area contributed by atoms with Crippen LogP contribution < -0.4 is 5.73 Å². The molecule has 0 aromatic rings. The van der Waals surface area contributed by atoms with E-state index in [1.54, 1.807) is 0 Å². The molecule has 14 heavy (non-hydrogen) atoms. The number of rotatable bonds is 4. The third-order valence-corrected chi connectivity index (χ3v) is 4.76. The standard InChI is InChI=1S/C11H24N2S/c1-4-11(7-12)8-13-5-6-14-10(3)9(13)2/h9-11H,4-8,12H2,1-3H3. The van der Waals surface area contributed by atoms with Gasteiger partial charge in [0.2, 0.25) is 0 Å². The minimum absolute atomic E-state index is 0.688. The van der Waals surface area contributed by atoms with Crippen LogP contribution in [0.4, 0.5) is 0 Å². The molecule has 0 aromatic heterocycles. The van der Waals surface area contributed by atoms with Gasteiger partial charge in [-0.2, -0.15) is 11.8 Å². The summed E-state index contributed by atoms with van der Waals surface area (Å²) in [4.78, 5) is 2.61. The highest BCUT2D eigenvalue weighted by atomic mass is 32.2. The van der Waals surface area contributed by atoms with Gasteiger partial charge in [0.1, 0.15) is 0 Å². The van der Waals surface area contributed by atoms with E-state index in [9.17, 15) is 0 Å². The molecule has 0 saturated carbocycles. The molecule has 1 rings (SSSR count). The molecule has 84 valence electrons. The van der Waals surface area contributed by atoms with Crippen LogP contribution in [0.25, 0.3) is 0 Å². The van der Waals surface area contributed by atoms with Crippen LogP contribution in [0.15, 0.2) is 0 Å². The van der Waals surface area contributed by atoms with Crippen LogP contribution in [0.5, 0.6) is 0 Å². The molecule has 1 aliphatic rings. The zero-order chi connectivity index (χ0) is 10.6. The second-order valence-electron chi connectivity index (χ2n) is 4.32. The minimum Gasteiger partial charge on any atom is -0.330 e. The largest absolute Gasteiger partial charge is 0.330 e. The summed E-state index contributed by atoms with van der Waals surface area (Å²) in [6.45, 7) is 10.2. The van der Waals surface area contributed by atoms with Gasteiger partial charge in [-0.15, -0.1) is 0 Å². The molecule has 3 heteroatoms. The number of nitrogens with two attached hydrogens (primary N) is 1. The molecule has 1 heterocycles. The van der Waals surface area contributed by atoms with Crippen LogP contribution in [-0.4, -0.2) is 41.6 Å². The van der Waals surface area contributed by atoms with Crippen molar-refractivity contribution < 1.29 is 0 Å². The molecular weight excluding hydrogens is 192 g/mol. The summed E-state index contributed by atoms with van der Waals surface area (Å²) in [5, 5.41) is 0.777. The molecule has 2 N–H and O–H groups in total. The van der Waals surface area contributed by atoms with Gasteiger partial charge in [-0.1, -0.05) is 20.3 Å². The van der Waals surface area contributed by atoms with Gasteiger partial charge >= 0.3 is 0 Å². The lowest BCUT2D eigenvalue weighted by atomic mass is 10.0. The molecule has 1 fully saturated rings. The van der Waals surface area contributed by atoms with Gasteiger partial charge in [0, 0.05) is 30.1 Å². The molecule has 0 spiro atoms. The van der Waals surface area contributed by atoms with Crippen LogP contribution in [0.3, 0.4) is 0 Å². The second kappa shape index (κ2) is 5.99. The third-order valence-electron chi connectivity index (χ3n) is 3.42. The van der Waals surface area contributed by atoms with Gasteiger partial charge in [-0.25, -0.2) is 0 Å². The van der Waals surface area contributed by atoms with Crippen molar-refractivity contribution in [2.24, 2.45) is 11.7 Å². The van der Waals surface area contributed by atoms with Crippen LogP contribution in [0.2, 0.25) is 0 Å². The van der Waals surface area contributed by atoms with Gasteiger partial charge in [0.15, 0.2) is 0 Å². The Kier molecular flexibility index (Phi) is 5.28. The topological polar surface area (TPSA) is 29.3 Å². The molecule has 0 amide bonds. The van der Waals surface area contributed by atoms with E-state index in [2.05, 4.69) is 37.4 Å². The quantitative estimate of drug-likeness (QED) is 0.777. The molecule has 0 bridgehead atoms. The van der Waals surface area contributed by atoms with Gasteiger partial charge in [-0.3, -0.25) is 4.90 Å². The monoisotopic (exact) mass is 216 g/mol. The van der Waals surface area contributed by atoms with Crippen LogP contribution in [0, 0.1) is 5.92 Å². The maximum atomic E-state index is 5.75. The van der Waals surface area contributed by atoms with Crippen LogP contribution >= 0.6 is 11.8 Å². The summed E-state index contributed by atoms with van der Waals surface area (Å²) in [6.07, 6.45) is 1.21. The molecule has 0 aromatic carbocycles. The fourth-order valence-corrected chi connectivity index (χ4v) is 3.12. The lowest BCUT2D eigenvalue weighted by molar-refractivity contribution is 0.180. The molecule has 3 atom stereocenters. The van der Waals surface area contributed by atoms with Crippen LogP contribution in [0.1, 0.15) is 27.2 Å². The van der Waals surface area contributed by atoms with Crippen molar-refractivity contribution in [3.05, 3.63) is 0 Å². The predicted octanol–water partition coefficient (Wildman–Crippen LogP) is 1.80. The maximum Gasteiger partial charge on any atom is 0.0184 e. The lowest BCUT2D eigenvalue weighted by Crippen LogP contribution is -2.47. The lowest BCUT2D eigenvalue weighted by Gasteiger charge is -2.39. The van der Waals surface area contributed by atoms with E-state index in [4.69, 9.17) is 5.73 Å². The Morgan fingerprint density at radius 2 is 2.21 bits per heavy atom. The Morgan fingerprint density at radius 1 is 1.50 bits per heavy atom. The van der Waals surface area contributed by atoms with E-state index >= 15 is 0 Å². The van der Waals surface area contributed by atoms with Crippen molar-refractivity contribution in [3.8, 4) is 0 Å². The third kappa shape index (κ3) is 3.14. The first-order valence-corrected chi connectivity index (χ1v) is 6.79. The molecule has 1 aliphatic heterocycles. The van der Waals surface area contributed by atoms with Crippen molar-refractivity contribution in [2.75, 3.05) is 25.4 Å². The smallest absolute Gasteiger partial charge is 0.0184 e. The van der Waals surface area contributed by atoms with Crippen molar-refractivity contribution in [1.29, 1.82) is 0 Å². The summed E-state index contributed by atoms with van der Waals surface area (Å²) in [6, 6.07) is 0.717. The average molecular weight is 216 g/mol. The van der Waals surface area contributed by atoms with E-state index < -0.39 is 0 Å². The van der Waals surface area contributed by atoms with Gasteiger partial charge in [-0.05, 0) is 19.4 Å². The normalized spacial score (nSPS) is 31.7. The first kappa shape index (κ1) is 12.3. The Morgan fingerprint density at radius 3 is 2.79 bits per heavy atom. The van der Waals surface area contributed by atoms with Crippen molar-refractivity contribution in [2.45, 2.75) is 38.5 Å². The predicted molar refractivity (Wildman–Crippen MR) is 65.8 cm³/mol. The number of thioether (sulfide) groups is 1. The maximum absolute atomic E-state index is 5.75. The van der Waals surface area contributed by atoms with Crippen molar-refractivity contribution in [1.82, 2.24) is 4.90 Å². The van der Waals surface area contributed by atoms with Crippen molar-refractivity contribution in [3.63, 3.8) is 0 Å². The molecule has 3 unspecified atom stereocenters. The Labute approximate surface area is 92.6 Å². The van der Waals surface area contributed by atoms with E-state index in [0.717, 1.165) is 11.8 Å². The summed E-state index contributed by atoms with van der Waals surface area (Å²) in [5.74, 6) is 1.97. The second-order valence-corrected chi connectivity index (χ2v) is 5.81. The van der Waals surface area contributed by atoms with E-state index in [-0.39, 0.29) is 0 Å². The molecule has 0 radical (unpaired) electrons. The van der Waals surface area contributed by atoms with E-state index in [1.807, 2.05) is 0 Å². The fourth-order valence-electron chi connectivity index (χ4n) is 1.96. The highest BCUT2D eigenvalue weighted by Gasteiger charge is 2.26. The Balaban J connectivity index is 2.41. The Hall–Kier alpha value is 0.270. The van der Waals surface area contributed by atoms with Gasteiger partial charge in [0.05, 0.1) is 0 Å². The summed E-state index contributed by atoms with van der Waals surface area (Å²) < 4.78 is 0. The number of hydrogen-bond donors (Lipinski definition) is 1. The molecule has 1 saturated heterocycles. The summed E-state index contributed by atoms with van der Waals surface area (Å²) >= 11 is 2.10. The Bertz CT molecular complexity index is 159. The molecular formula is C11H24N2S. The van der Waals surface area contributed by atoms with E-state index in [0.29, 0.717) is 12.0 Å². The van der Waals surface area contributed by atoms with Gasteiger partial charge < -0.3 is 5.73 Å². The first-order valence-electron chi connectivity index (χ1n) is 5.74. The van der Waals surface area contributed by atoms with E-state index in [1.165, 1.54) is 25.3 Å². The molecule has 2 nitrogen and oxygen atoms in total. The SMILES string of the molecule is CCC(CN)CN1CCSC(C)C1C. The summed E-state index contributed by atoms with van der Waals surface area (Å²) in [5.41, 5.74) is 5.75. The highest BCUT2D eigenvalue weighted by Crippen LogP contribution is 2.24. The molecule has 0 aliphatic carbocycles. The average Bonchev–Trinajstić information content (AvgIpc) is 2.20. The summed E-state index contributed by atoms with van der Waals surface area (Å²) in [7, 11) is 0. The number of hydrogen-bond acceptors (Lipinski definition) is 3. The van der Waals surface area contributed by atoms with Crippen molar-refractivity contribution >= 4 is 11.8 Å². The van der Waals surface area contributed by atoms with Gasteiger partial charge in [0.25, 0.3) is 0 Å². The van der Waals surface area contributed by atoms with Crippen LogP contribution in [-0.2, 0) is 0 Å². The number of nitrogens with zero attached hydrogens (tertiary/aromatic N) is 1.